The summed E-state index contributed by atoms with van der Waals surface area (Å²) in [4.78, 5) is 2.36. The third kappa shape index (κ3) is 166. The normalized spacial score (nSPS) is 3.75. The molecule has 0 aliphatic heterocycles. The highest BCUT2D eigenvalue weighted by molar-refractivity contribution is 4.67. The van der Waals surface area contributed by atoms with Gasteiger partial charge in [-0.3, -0.25) is 0 Å². The molecule has 0 aromatic heterocycles. The molecular formula is C3H7N4O+. The van der Waals surface area contributed by atoms with E-state index >= 15 is 0 Å². The Labute approximate surface area is 47.0 Å². The molecule has 5 nitrogen and oxygen atoms in total. The molecule has 0 fully saturated rings. The molecule has 1 N–H and O–H groups in total. The lowest BCUT2D eigenvalue weighted by molar-refractivity contribution is 0.464. The molecular weight excluding hydrogens is 108 g/mol. The Morgan fingerprint density at radius 3 is 2.00 bits per heavy atom. The molecule has 0 aromatic rings. The van der Waals surface area contributed by atoms with Gasteiger partial charge in [0.1, 0.15) is 0 Å². The number of nitrogens with zero attached hydrogens (tertiary/aromatic N) is 4. The van der Waals surface area contributed by atoms with Crippen LogP contribution in [0.1, 0.15) is 6.92 Å². The van der Waals surface area contributed by atoms with Crippen molar-refractivity contribution in [2.75, 3.05) is 7.05 Å². The van der Waals surface area contributed by atoms with Crippen LogP contribution in [0.15, 0.2) is 5.11 Å². The van der Waals surface area contributed by atoms with Crippen molar-refractivity contribution in [3.05, 3.63) is 15.5 Å². The maximum Gasteiger partial charge on any atom is 0.346 e. The maximum atomic E-state index is 7.39. The fourth-order valence-corrected chi connectivity index (χ4v) is 0. The third-order valence-corrected chi connectivity index (χ3v) is 0.189. The fraction of sp³-hybridized carbons (Fsp3) is 0.667. The molecule has 0 bridgehead atoms. The Bertz CT molecular complexity index is 120. The van der Waals surface area contributed by atoms with Crippen LogP contribution in [0.3, 0.4) is 0 Å². The molecule has 8 heavy (non-hydrogen) atoms. The maximum absolute atomic E-state index is 7.39. The van der Waals surface area contributed by atoms with E-state index in [1.807, 2.05) is 0 Å². The van der Waals surface area contributed by atoms with Crippen LogP contribution < -0.4 is 0 Å². The molecule has 44 valence electrons. The first-order valence-corrected chi connectivity index (χ1v) is 1.77. The molecule has 0 atom stereocenters. The summed E-state index contributed by atoms with van der Waals surface area (Å²) in [5, 5.41) is 12.8. The Morgan fingerprint density at radius 2 is 2.00 bits per heavy atom. The van der Waals surface area contributed by atoms with Crippen LogP contribution >= 0.6 is 0 Å². The van der Waals surface area contributed by atoms with Crippen LogP contribution in [-0.2, 0) is 0 Å². The summed E-state index contributed by atoms with van der Waals surface area (Å²) in [6.07, 6.45) is 0. The van der Waals surface area contributed by atoms with Crippen LogP contribution in [0.2, 0.25) is 0 Å². The van der Waals surface area contributed by atoms with Crippen LogP contribution in [-0.4, -0.2) is 12.3 Å². The molecule has 5 heteroatoms. The molecule has 0 unspecified atom stereocenters. The highest BCUT2D eigenvalue weighted by Crippen LogP contribution is 1.46. The van der Waals surface area contributed by atoms with E-state index in [0.717, 1.165) is 0 Å². The molecule has 0 heterocycles. The second-order valence-corrected chi connectivity index (χ2v) is 0.613. The van der Waals surface area contributed by atoms with E-state index in [9.17, 15) is 0 Å². The Kier molecular flexibility index (Phi) is 21.4. The SMILES string of the molecule is CC#[N+]O.CN=[N+]=[N-]. The average Bonchev–Trinajstić information content (AvgIpc) is 1.88. The third-order valence-electron chi connectivity index (χ3n) is 0.189. The van der Waals surface area contributed by atoms with Gasteiger partial charge in [0, 0.05) is 12.0 Å². The van der Waals surface area contributed by atoms with Crippen molar-refractivity contribution in [2.45, 2.75) is 6.92 Å². The van der Waals surface area contributed by atoms with Crippen molar-refractivity contribution in [1.82, 2.24) is 0 Å². The van der Waals surface area contributed by atoms with Crippen molar-refractivity contribution >= 4 is 0 Å². The molecule has 0 saturated heterocycles. The lowest BCUT2D eigenvalue weighted by Crippen LogP contribution is -1.28. The van der Waals surface area contributed by atoms with Gasteiger partial charge in [-0.2, -0.15) is 5.21 Å². The number of hydrogen-bond acceptors (Lipinski definition) is 2. The molecule has 0 spiro atoms. The summed E-state index contributed by atoms with van der Waals surface area (Å²) >= 11 is 0. The standard InChI is InChI=1S/C2H3NO.CH3N3/c1-2-3-4;1-3-4-2/h2*1H3/p+1. The molecule has 0 aliphatic rings. The van der Waals surface area contributed by atoms with Crippen LogP contribution in [0.5, 0.6) is 0 Å². The highest BCUT2D eigenvalue weighted by atomic mass is 16.4. The molecule has 0 aromatic carbocycles. The molecule has 0 amide bonds. The van der Waals surface area contributed by atoms with E-state index in [1.165, 1.54) is 14.0 Å². The van der Waals surface area contributed by atoms with Gasteiger partial charge >= 0.3 is 6.07 Å². The van der Waals surface area contributed by atoms with Crippen LogP contribution in [0, 0.1) is 6.07 Å². The van der Waals surface area contributed by atoms with Crippen molar-refractivity contribution in [1.29, 1.82) is 0 Å². The van der Waals surface area contributed by atoms with Gasteiger partial charge in [0.05, 0.1) is 6.92 Å². The molecule has 0 saturated carbocycles. The average molecular weight is 115 g/mol. The monoisotopic (exact) mass is 115 g/mol. The second-order valence-electron chi connectivity index (χ2n) is 0.613. The minimum absolute atomic E-state index is 1.39. The lowest BCUT2D eigenvalue weighted by Gasteiger charge is -1.35. The predicted molar refractivity (Wildman–Crippen MR) is 29.8 cm³/mol. The largest absolute Gasteiger partial charge is 0.346 e. The van der Waals surface area contributed by atoms with Crippen molar-refractivity contribution < 1.29 is 5.21 Å². The van der Waals surface area contributed by atoms with Gasteiger partial charge in [-0.05, 0) is 5.53 Å². The summed E-state index contributed by atoms with van der Waals surface area (Å²) in [5.74, 6) is 0. The van der Waals surface area contributed by atoms with E-state index in [2.05, 4.69) is 21.1 Å². The molecule has 0 aliphatic carbocycles. The van der Waals surface area contributed by atoms with Gasteiger partial charge in [0.2, 0.25) is 5.01 Å². The van der Waals surface area contributed by atoms with Crippen molar-refractivity contribution in [2.24, 2.45) is 5.11 Å². The lowest BCUT2D eigenvalue weighted by atomic mass is 11.0. The van der Waals surface area contributed by atoms with E-state index in [1.54, 1.807) is 0 Å². The van der Waals surface area contributed by atoms with Gasteiger partial charge in [0.15, 0.2) is 0 Å². The number of hydrogen-bond donors (Lipinski definition) is 1. The zero-order chi connectivity index (χ0) is 6.83. The van der Waals surface area contributed by atoms with Gasteiger partial charge in [-0.1, -0.05) is 5.11 Å². The van der Waals surface area contributed by atoms with Crippen molar-refractivity contribution in [3.63, 3.8) is 0 Å². The zero-order valence-corrected chi connectivity index (χ0v) is 4.74. The van der Waals surface area contributed by atoms with Crippen LogP contribution in [0.4, 0.5) is 0 Å². The van der Waals surface area contributed by atoms with E-state index in [0.29, 0.717) is 0 Å². The van der Waals surface area contributed by atoms with Gasteiger partial charge < -0.3 is 0 Å². The number of azide groups is 1. The van der Waals surface area contributed by atoms with E-state index < -0.39 is 0 Å². The summed E-state index contributed by atoms with van der Waals surface area (Å²) < 4.78 is 0. The smallest absolute Gasteiger partial charge is 0.177 e. The Balaban J connectivity index is 0. The minimum atomic E-state index is 1.39. The first kappa shape index (κ1) is 9.78. The van der Waals surface area contributed by atoms with Crippen LogP contribution in [0.25, 0.3) is 15.5 Å². The van der Waals surface area contributed by atoms with E-state index in [-0.39, 0.29) is 0 Å². The summed E-state index contributed by atoms with van der Waals surface area (Å²) in [7, 11) is 1.39. The second kappa shape index (κ2) is 17.5. The summed E-state index contributed by atoms with van der Waals surface area (Å²) in [5.41, 5.74) is 7.33. The topological polar surface area (TPSA) is 73.4 Å². The summed E-state index contributed by atoms with van der Waals surface area (Å²) in [6.45, 7) is 1.51. The van der Waals surface area contributed by atoms with Gasteiger partial charge in [-0.15, -0.1) is 0 Å². The first-order chi connectivity index (χ1) is 3.83. The summed E-state index contributed by atoms with van der Waals surface area (Å²) in [6, 6.07) is 2.11. The quantitative estimate of drug-likeness (QED) is 0.221. The zero-order valence-electron chi connectivity index (χ0n) is 4.74. The Morgan fingerprint density at radius 1 is 1.75 bits per heavy atom. The van der Waals surface area contributed by atoms with Crippen molar-refractivity contribution in [3.8, 4) is 6.07 Å². The molecule has 0 radical (unpaired) electrons. The number of rotatable bonds is 0. The van der Waals surface area contributed by atoms with E-state index in [4.69, 9.17) is 10.7 Å². The minimum Gasteiger partial charge on any atom is -0.177 e. The first-order valence-electron chi connectivity index (χ1n) is 1.77. The predicted octanol–water partition coefficient (Wildman–Crippen LogP) is 1.65. The van der Waals surface area contributed by atoms with Gasteiger partial charge in [0.25, 0.3) is 0 Å². The highest BCUT2D eigenvalue weighted by Gasteiger charge is 1.52. The van der Waals surface area contributed by atoms with Gasteiger partial charge in [-0.25, -0.2) is 0 Å². The Hall–Kier alpha value is -1.40. The molecule has 0 rings (SSSR count). The fourth-order valence-electron chi connectivity index (χ4n) is 0.